The van der Waals surface area contributed by atoms with Crippen LogP contribution in [0.2, 0.25) is 5.02 Å². The smallest absolute Gasteiger partial charge is 0.224 e. The number of amides is 1. The van der Waals surface area contributed by atoms with Crippen LogP contribution in [0.15, 0.2) is 42.5 Å². The van der Waals surface area contributed by atoms with E-state index in [1.165, 1.54) is 11.1 Å². The summed E-state index contributed by atoms with van der Waals surface area (Å²) < 4.78 is 0. The Morgan fingerprint density at radius 2 is 1.90 bits per heavy atom. The van der Waals surface area contributed by atoms with Crippen molar-refractivity contribution in [2.45, 2.75) is 33.2 Å². The van der Waals surface area contributed by atoms with Gasteiger partial charge in [0.15, 0.2) is 0 Å². The fourth-order valence-electron chi connectivity index (χ4n) is 2.41. The molecule has 2 aromatic carbocycles. The topological polar surface area (TPSA) is 29.1 Å². The molecular weight excluding hydrogens is 282 g/mol. The molecule has 0 aliphatic rings. The lowest BCUT2D eigenvalue weighted by molar-refractivity contribution is -0.121. The molecule has 0 spiro atoms. The number of carbonyl (C=O) groups excluding carboxylic acids is 1. The second-order valence-corrected chi connectivity index (χ2v) is 5.82. The molecule has 0 aromatic heterocycles. The van der Waals surface area contributed by atoms with Crippen molar-refractivity contribution in [1.29, 1.82) is 0 Å². The molecule has 2 rings (SSSR count). The summed E-state index contributed by atoms with van der Waals surface area (Å²) in [6, 6.07) is 13.7. The van der Waals surface area contributed by atoms with Gasteiger partial charge in [-0.2, -0.15) is 0 Å². The van der Waals surface area contributed by atoms with Gasteiger partial charge in [0.05, 0.1) is 12.5 Å². The molecule has 0 heterocycles. The molecule has 0 aliphatic heterocycles. The molecule has 0 radical (unpaired) electrons. The molecule has 21 heavy (non-hydrogen) atoms. The van der Waals surface area contributed by atoms with E-state index < -0.39 is 0 Å². The van der Waals surface area contributed by atoms with Gasteiger partial charge in [-0.3, -0.25) is 4.79 Å². The number of hydrogen-bond acceptors (Lipinski definition) is 1. The molecule has 110 valence electrons. The molecule has 0 saturated carbocycles. The van der Waals surface area contributed by atoms with Crippen LogP contribution in [0.5, 0.6) is 0 Å². The molecule has 0 aliphatic carbocycles. The zero-order valence-electron chi connectivity index (χ0n) is 12.6. The van der Waals surface area contributed by atoms with E-state index in [-0.39, 0.29) is 11.9 Å². The van der Waals surface area contributed by atoms with Gasteiger partial charge >= 0.3 is 0 Å². The predicted octanol–water partition coefficient (Wildman–Crippen LogP) is 4.38. The summed E-state index contributed by atoms with van der Waals surface area (Å²) in [5.74, 6) is -0.0171. The number of hydrogen-bond donors (Lipinski definition) is 1. The monoisotopic (exact) mass is 301 g/mol. The van der Waals surface area contributed by atoms with E-state index >= 15 is 0 Å². The zero-order valence-corrected chi connectivity index (χ0v) is 13.4. The minimum atomic E-state index is -0.0171. The summed E-state index contributed by atoms with van der Waals surface area (Å²) in [6.07, 6.45) is 0.300. The average Bonchev–Trinajstić information content (AvgIpc) is 2.44. The lowest BCUT2D eigenvalue weighted by atomic mass is 10.00. The van der Waals surface area contributed by atoms with Crippen LogP contribution >= 0.6 is 11.6 Å². The fraction of sp³-hybridized carbons (Fsp3) is 0.278. The van der Waals surface area contributed by atoms with Crippen molar-refractivity contribution in [1.82, 2.24) is 5.32 Å². The van der Waals surface area contributed by atoms with Gasteiger partial charge < -0.3 is 5.32 Å². The van der Waals surface area contributed by atoms with E-state index in [4.69, 9.17) is 11.6 Å². The van der Waals surface area contributed by atoms with Crippen LogP contribution in [0.25, 0.3) is 0 Å². The summed E-state index contributed by atoms with van der Waals surface area (Å²) >= 11 is 6.09. The van der Waals surface area contributed by atoms with E-state index in [1.54, 1.807) is 6.07 Å². The van der Waals surface area contributed by atoms with Gasteiger partial charge in [0, 0.05) is 5.02 Å². The Balaban J connectivity index is 2.06. The van der Waals surface area contributed by atoms with Crippen LogP contribution in [0.1, 0.15) is 35.2 Å². The van der Waals surface area contributed by atoms with Crippen molar-refractivity contribution in [3.8, 4) is 0 Å². The van der Waals surface area contributed by atoms with Gasteiger partial charge in [0.25, 0.3) is 0 Å². The van der Waals surface area contributed by atoms with E-state index in [2.05, 4.69) is 37.4 Å². The first kappa shape index (κ1) is 15.6. The van der Waals surface area contributed by atoms with Gasteiger partial charge in [-0.15, -0.1) is 0 Å². The number of benzene rings is 2. The number of aryl methyl sites for hydroxylation is 2. The van der Waals surface area contributed by atoms with Crippen LogP contribution < -0.4 is 5.32 Å². The summed E-state index contributed by atoms with van der Waals surface area (Å²) in [6.45, 7) is 6.12. The number of halogens is 1. The molecule has 1 amide bonds. The molecule has 2 aromatic rings. The van der Waals surface area contributed by atoms with Crippen molar-refractivity contribution >= 4 is 17.5 Å². The molecule has 1 atom stereocenters. The molecule has 1 N–H and O–H groups in total. The molecule has 0 bridgehead atoms. The average molecular weight is 302 g/mol. The lowest BCUT2D eigenvalue weighted by Crippen LogP contribution is -2.28. The molecular formula is C18H20ClNO. The molecule has 0 saturated heterocycles. The molecule has 1 unspecified atom stereocenters. The third-order valence-electron chi connectivity index (χ3n) is 3.59. The molecule has 2 nitrogen and oxygen atoms in total. The Bertz CT molecular complexity index is 651. The van der Waals surface area contributed by atoms with Crippen LogP contribution in [0, 0.1) is 13.8 Å². The SMILES string of the molecule is Cc1ccc(C)c(C(C)NC(=O)Cc2ccccc2Cl)c1. The first-order valence-corrected chi connectivity index (χ1v) is 7.45. The van der Waals surface area contributed by atoms with Gasteiger partial charge in [-0.05, 0) is 43.5 Å². The highest BCUT2D eigenvalue weighted by molar-refractivity contribution is 6.31. The van der Waals surface area contributed by atoms with Crippen LogP contribution in [0.3, 0.4) is 0 Å². The van der Waals surface area contributed by atoms with Crippen LogP contribution in [-0.4, -0.2) is 5.91 Å². The standard InChI is InChI=1S/C18H20ClNO/c1-12-8-9-13(2)16(10-12)14(3)20-18(21)11-15-6-4-5-7-17(15)19/h4-10,14H,11H2,1-3H3,(H,20,21). The summed E-state index contributed by atoms with van der Waals surface area (Å²) in [5, 5.41) is 3.67. The maximum absolute atomic E-state index is 12.2. The highest BCUT2D eigenvalue weighted by Gasteiger charge is 2.13. The lowest BCUT2D eigenvalue weighted by Gasteiger charge is -2.17. The van der Waals surface area contributed by atoms with Crippen molar-refractivity contribution in [2.24, 2.45) is 0 Å². The van der Waals surface area contributed by atoms with Crippen molar-refractivity contribution in [3.63, 3.8) is 0 Å². The van der Waals surface area contributed by atoms with E-state index in [9.17, 15) is 4.79 Å². The van der Waals surface area contributed by atoms with Crippen molar-refractivity contribution in [3.05, 3.63) is 69.7 Å². The number of carbonyl (C=O) groups is 1. The van der Waals surface area contributed by atoms with Gasteiger partial charge in [-0.25, -0.2) is 0 Å². The minimum absolute atomic E-state index is 0.0140. The molecule has 3 heteroatoms. The normalized spacial score (nSPS) is 12.0. The van der Waals surface area contributed by atoms with Crippen LogP contribution in [-0.2, 0) is 11.2 Å². The minimum Gasteiger partial charge on any atom is -0.349 e. The Morgan fingerprint density at radius 3 is 2.62 bits per heavy atom. The first-order chi connectivity index (χ1) is 9.97. The summed E-state index contributed by atoms with van der Waals surface area (Å²) in [7, 11) is 0. The third-order valence-corrected chi connectivity index (χ3v) is 3.96. The summed E-state index contributed by atoms with van der Waals surface area (Å²) in [4.78, 5) is 12.2. The zero-order chi connectivity index (χ0) is 15.4. The predicted molar refractivity (Wildman–Crippen MR) is 87.6 cm³/mol. The Morgan fingerprint density at radius 1 is 1.19 bits per heavy atom. The quantitative estimate of drug-likeness (QED) is 0.892. The first-order valence-electron chi connectivity index (χ1n) is 7.07. The third kappa shape index (κ3) is 4.08. The van der Waals surface area contributed by atoms with Gasteiger partial charge in [0.2, 0.25) is 5.91 Å². The largest absolute Gasteiger partial charge is 0.349 e. The maximum Gasteiger partial charge on any atom is 0.224 e. The van der Waals surface area contributed by atoms with E-state index in [0.29, 0.717) is 11.4 Å². The second-order valence-electron chi connectivity index (χ2n) is 5.42. The Hall–Kier alpha value is -1.80. The van der Waals surface area contributed by atoms with E-state index in [1.807, 2.05) is 25.1 Å². The van der Waals surface area contributed by atoms with Crippen molar-refractivity contribution < 1.29 is 4.79 Å². The number of nitrogens with one attached hydrogen (secondary N) is 1. The number of rotatable bonds is 4. The molecule has 0 fully saturated rings. The summed E-state index contributed by atoms with van der Waals surface area (Å²) in [5.41, 5.74) is 4.39. The fourth-order valence-corrected chi connectivity index (χ4v) is 2.61. The van der Waals surface area contributed by atoms with Crippen LogP contribution in [0.4, 0.5) is 0 Å². The Kier molecular flexibility index (Phi) is 5.03. The highest BCUT2D eigenvalue weighted by Crippen LogP contribution is 2.20. The van der Waals surface area contributed by atoms with Gasteiger partial charge in [0.1, 0.15) is 0 Å². The highest BCUT2D eigenvalue weighted by atomic mass is 35.5. The van der Waals surface area contributed by atoms with E-state index in [0.717, 1.165) is 11.1 Å². The van der Waals surface area contributed by atoms with Crippen molar-refractivity contribution in [2.75, 3.05) is 0 Å². The maximum atomic E-state index is 12.2. The second kappa shape index (κ2) is 6.77. The Labute approximate surface area is 131 Å². The van der Waals surface area contributed by atoms with Gasteiger partial charge in [-0.1, -0.05) is 53.6 Å².